The third-order valence-corrected chi connectivity index (χ3v) is 13.5. The van der Waals surface area contributed by atoms with E-state index in [1.165, 1.54) is 55.2 Å². The summed E-state index contributed by atoms with van der Waals surface area (Å²) in [7, 11) is 1.89. The Morgan fingerprint density at radius 3 is 2.27 bits per heavy atom. The Labute approximate surface area is 293 Å². The maximum absolute atomic E-state index is 13.1. The summed E-state index contributed by atoms with van der Waals surface area (Å²) in [6.45, 7) is 3.06. The number of fused-ring (bicyclic) bond motifs is 5. The van der Waals surface area contributed by atoms with Crippen molar-refractivity contribution in [3.8, 4) is 5.75 Å². The molecule has 2 saturated carbocycles. The third-order valence-electron chi connectivity index (χ3n) is 12.0. The zero-order valence-electron chi connectivity index (χ0n) is 29.3. The second kappa shape index (κ2) is 17.1. The predicted molar refractivity (Wildman–Crippen MR) is 187 cm³/mol. The number of rotatable bonds is 18. The van der Waals surface area contributed by atoms with Crippen molar-refractivity contribution in [3.05, 3.63) is 65.2 Å². The molecule has 274 valence electrons. The Morgan fingerprint density at radius 1 is 0.857 bits per heavy atom. The molecule has 0 spiro atoms. The van der Waals surface area contributed by atoms with Crippen molar-refractivity contribution in [1.29, 1.82) is 0 Å². The van der Waals surface area contributed by atoms with Gasteiger partial charge in [0.25, 0.3) is 0 Å². The molecular weight excluding hydrogens is 655 g/mol. The normalized spacial score (nSPS) is 27.3. The molecule has 5 rings (SSSR count). The van der Waals surface area contributed by atoms with Crippen LogP contribution in [0.3, 0.4) is 0 Å². The van der Waals surface area contributed by atoms with Gasteiger partial charge in [0.15, 0.2) is 0 Å². The van der Waals surface area contributed by atoms with Crippen molar-refractivity contribution in [3.63, 3.8) is 0 Å². The van der Waals surface area contributed by atoms with Gasteiger partial charge in [-0.3, -0.25) is 0 Å². The monoisotopic (exact) mass is 710 g/mol. The van der Waals surface area contributed by atoms with Crippen molar-refractivity contribution in [2.45, 2.75) is 134 Å². The third kappa shape index (κ3) is 9.54. The Morgan fingerprint density at radius 2 is 1.55 bits per heavy atom. The first kappa shape index (κ1) is 38.4. The van der Waals surface area contributed by atoms with E-state index in [1.807, 2.05) is 25.3 Å². The van der Waals surface area contributed by atoms with Crippen molar-refractivity contribution in [1.82, 2.24) is 0 Å². The Kier molecular flexibility index (Phi) is 13.4. The van der Waals surface area contributed by atoms with Gasteiger partial charge in [0.1, 0.15) is 23.9 Å². The van der Waals surface area contributed by atoms with Gasteiger partial charge in [-0.25, -0.2) is 0 Å². The number of halogens is 5. The summed E-state index contributed by atoms with van der Waals surface area (Å²) < 4.78 is 87.4. The first-order valence-electron chi connectivity index (χ1n) is 18.5. The zero-order valence-corrected chi connectivity index (χ0v) is 30.1. The molecule has 0 heterocycles. The maximum Gasteiger partial charge on any atom is 0.453 e. The van der Waals surface area contributed by atoms with Crippen molar-refractivity contribution in [2.75, 3.05) is 18.6 Å². The number of hydrogen-bond acceptors (Lipinski definition) is 3. The van der Waals surface area contributed by atoms with Gasteiger partial charge >= 0.3 is 12.1 Å². The molecule has 0 radical (unpaired) electrons. The minimum atomic E-state index is -5.54. The van der Waals surface area contributed by atoms with Crippen molar-refractivity contribution in [2.24, 2.45) is 23.2 Å². The summed E-state index contributed by atoms with van der Waals surface area (Å²) >= 11 is -1.35. The molecule has 0 aliphatic heterocycles. The van der Waals surface area contributed by atoms with Gasteiger partial charge in [-0.15, -0.1) is 0 Å². The lowest BCUT2D eigenvalue weighted by molar-refractivity contribution is -0.284. The molecule has 3 nitrogen and oxygen atoms in total. The predicted octanol–water partition coefficient (Wildman–Crippen LogP) is 11.2. The standard InChI is InChI=1S/C40H55F5O3S/c1-38-23-21-34-33-18-17-32(48-28-29-14-9-8-10-15-29)27-31(33)26-30(37(34)35(38)19-20-36(38)47-2)16-11-6-4-3-5-7-12-24-49(46)25-13-22-39(41,42)40(43,44)45/h8-10,14-15,17-18,27,30,34-37H,3-7,11-13,16,19-26,28H2,1-2H3/t30-,34-,35+,36+,37-,38+,49?/m1/s1. The van der Waals surface area contributed by atoms with Crippen LogP contribution < -0.4 is 4.74 Å². The summed E-state index contributed by atoms with van der Waals surface area (Å²) in [6.07, 6.45) is 7.60. The molecule has 2 aromatic carbocycles. The second-order valence-electron chi connectivity index (χ2n) is 15.2. The molecule has 0 aromatic heterocycles. The van der Waals surface area contributed by atoms with Crippen molar-refractivity contribution >= 4 is 11.2 Å². The van der Waals surface area contributed by atoms with Crippen LogP contribution in [0.1, 0.15) is 119 Å². The average Bonchev–Trinajstić information content (AvgIpc) is 3.42. The van der Waals surface area contributed by atoms with Gasteiger partial charge < -0.3 is 14.0 Å². The zero-order chi connectivity index (χ0) is 35.1. The van der Waals surface area contributed by atoms with Crippen LogP contribution in [0.5, 0.6) is 5.75 Å². The number of hydrogen-bond donors (Lipinski definition) is 0. The summed E-state index contributed by atoms with van der Waals surface area (Å²) in [6, 6.07) is 17.1. The fraction of sp³-hybridized carbons (Fsp3) is 0.700. The highest BCUT2D eigenvalue weighted by Crippen LogP contribution is 2.63. The summed E-state index contributed by atoms with van der Waals surface area (Å²) in [4.78, 5) is 0. The first-order chi connectivity index (χ1) is 23.4. The van der Waals surface area contributed by atoms with Crippen LogP contribution in [0.15, 0.2) is 48.5 Å². The SMILES string of the molecule is CO[C@H]1CC[C@H]2[C@@H]3[C@H](CCCCCCCCC[S+]([O-])CCCC(F)(F)C(F)(F)F)Cc4cc(OCc5ccccc5)ccc4[C@H]3CC[C@]12C. The largest absolute Gasteiger partial charge is 0.616 e. The molecule has 2 fully saturated rings. The molecule has 2 aromatic rings. The van der Waals surface area contributed by atoms with E-state index in [4.69, 9.17) is 9.47 Å². The van der Waals surface area contributed by atoms with E-state index < -0.39 is 29.7 Å². The van der Waals surface area contributed by atoms with Crippen LogP contribution in [-0.4, -0.2) is 41.4 Å². The van der Waals surface area contributed by atoms with E-state index in [0.717, 1.165) is 44.3 Å². The minimum absolute atomic E-state index is 0.104. The topological polar surface area (TPSA) is 41.5 Å². The van der Waals surface area contributed by atoms with E-state index >= 15 is 0 Å². The lowest BCUT2D eigenvalue weighted by Crippen LogP contribution is -2.47. The highest BCUT2D eigenvalue weighted by molar-refractivity contribution is 7.91. The van der Waals surface area contributed by atoms with Gasteiger partial charge in [0.05, 0.1) is 6.10 Å². The van der Waals surface area contributed by atoms with E-state index in [-0.39, 0.29) is 17.6 Å². The highest BCUT2D eigenvalue weighted by atomic mass is 32.2. The number of ether oxygens (including phenoxy) is 2. The van der Waals surface area contributed by atoms with Gasteiger partial charge in [-0.05, 0) is 116 Å². The molecule has 0 bridgehead atoms. The van der Waals surface area contributed by atoms with Gasteiger partial charge in [-0.2, -0.15) is 22.0 Å². The van der Waals surface area contributed by atoms with Crippen LogP contribution in [0, 0.1) is 23.2 Å². The highest BCUT2D eigenvalue weighted by Gasteiger charge is 2.58. The van der Waals surface area contributed by atoms with Gasteiger partial charge in [0.2, 0.25) is 0 Å². The van der Waals surface area contributed by atoms with Crippen molar-refractivity contribution < 1.29 is 36.0 Å². The fourth-order valence-electron chi connectivity index (χ4n) is 9.47. The molecule has 1 unspecified atom stereocenters. The van der Waals surface area contributed by atoms with E-state index in [2.05, 4.69) is 37.3 Å². The molecule has 0 saturated heterocycles. The Bertz CT molecular complexity index is 1310. The lowest BCUT2D eigenvalue weighted by atomic mass is 9.52. The number of unbranched alkanes of at least 4 members (excludes halogenated alkanes) is 6. The minimum Gasteiger partial charge on any atom is -0.616 e. The van der Waals surface area contributed by atoms with Gasteiger partial charge in [-0.1, -0.05) is 86.6 Å². The quantitative estimate of drug-likeness (QED) is 0.0879. The number of benzene rings is 2. The van der Waals surface area contributed by atoms with E-state index in [0.29, 0.717) is 48.6 Å². The fourth-order valence-corrected chi connectivity index (χ4v) is 10.7. The number of alkyl halides is 5. The number of methoxy groups -OCH3 is 1. The molecule has 3 aliphatic carbocycles. The van der Waals surface area contributed by atoms with Crippen LogP contribution in [-0.2, 0) is 28.9 Å². The van der Waals surface area contributed by atoms with Crippen LogP contribution >= 0.6 is 0 Å². The summed E-state index contributed by atoms with van der Waals surface area (Å²) in [5.41, 5.74) is 4.42. The summed E-state index contributed by atoms with van der Waals surface area (Å²) in [5.74, 6) is -0.877. The smallest absolute Gasteiger partial charge is 0.453 e. The van der Waals surface area contributed by atoms with E-state index in [9.17, 15) is 26.5 Å². The van der Waals surface area contributed by atoms with Crippen LogP contribution in [0.2, 0.25) is 0 Å². The van der Waals surface area contributed by atoms with Crippen LogP contribution in [0.25, 0.3) is 0 Å². The molecule has 0 N–H and O–H groups in total. The van der Waals surface area contributed by atoms with Crippen LogP contribution in [0.4, 0.5) is 22.0 Å². The molecule has 9 heteroatoms. The molecule has 49 heavy (non-hydrogen) atoms. The second-order valence-corrected chi connectivity index (χ2v) is 16.8. The maximum atomic E-state index is 13.1. The molecular formula is C40H55F5O3S. The molecule has 3 aliphatic rings. The summed E-state index contributed by atoms with van der Waals surface area (Å²) in [5, 5.41) is 0. The lowest BCUT2D eigenvalue weighted by Gasteiger charge is -2.53. The van der Waals surface area contributed by atoms with E-state index in [1.54, 1.807) is 0 Å². The first-order valence-corrected chi connectivity index (χ1v) is 20.0. The molecule has 7 atom stereocenters. The Hall–Kier alpha value is -1.84. The molecule has 0 amide bonds. The van der Waals surface area contributed by atoms with Gasteiger partial charge in [0, 0.05) is 13.5 Å². The average molecular weight is 711 g/mol. The Balaban J connectivity index is 1.08.